The molecule has 19 heavy (non-hydrogen) atoms. The van der Waals surface area contributed by atoms with Crippen molar-refractivity contribution in [2.75, 3.05) is 39.8 Å². The van der Waals surface area contributed by atoms with Crippen molar-refractivity contribution in [1.29, 1.82) is 0 Å². The molecule has 0 radical (unpaired) electrons. The highest BCUT2D eigenvalue weighted by atomic mass is 16.5. The van der Waals surface area contributed by atoms with Crippen LogP contribution in [0.1, 0.15) is 18.9 Å². The first-order valence-corrected chi connectivity index (χ1v) is 7.34. The number of ether oxygens (including phenoxy) is 1. The Kier molecular flexibility index (Phi) is 5.67. The molecular weight excluding hydrogens is 236 g/mol. The smallest absolute Gasteiger partial charge is 0.119 e. The minimum absolute atomic E-state index is 0.685. The Morgan fingerprint density at radius 3 is 3.05 bits per heavy atom. The highest BCUT2D eigenvalue weighted by molar-refractivity contribution is 5.28. The number of methoxy groups -OCH3 is 1. The summed E-state index contributed by atoms with van der Waals surface area (Å²) in [5.74, 6) is 1.65. The molecule has 1 aliphatic heterocycles. The fraction of sp³-hybridized carbons (Fsp3) is 0.625. The Balaban J connectivity index is 1.83. The summed E-state index contributed by atoms with van der Waals surface area (Å²) in [7, 11) is 1.73. The highest BCUT2D eigenvalue weighted by Crippen LogP contribution is 2.16. The first-order valence-electron chi connectivity index (χ1n) is 7.34. The average Bonchev–Trinajstić information content (AvgIpc) is 2.67. The van der Waals surface area contributed by atoms with Gasteiger partial charge in [-0.05, 0) is 49.5 Å². The molecule has 0 spiro atoms. The topological polar surface area (TPSA) is 24.5 Å². The normalized spacial score (nSPS) is 18.8. The summed E-state index contributed by atoms with van der Waals surface area (Å²) >= 11 is 0. The van der Waals surface area contributed by atoms with Crippen molar-refractivity contribution in [2.45, 2.75) is 19.8 Å². The largest absolute Gasteiger partial charge is 0.497 e. The number of rotatable bonds is 5. The van der Waals surface area contributed by atoms with Gasteiger partial charge in [-0.2, -0.15) is 0 Å². The molecule has 0 saturated carbocycles. The van der Waals surface area contributed by atoms with E-state index in [4.69, 9.17) is 4.74 Å². The molecule has 1 heterocycles. The van der Waals surface area contributed by atoms with Crippen LogP contribution in [0, 0.1) is 5.92 Å². The first-order chi connectivity index (χ1) is 9.28. The van der Waals surface area contributed by atoms with E-state index >= 15 is 0 Å². The van der Waals surface area contributed by atoms with E-state index < -0.39 is 0 Å². The van der Waals surface area contributed by atoms with Crippen molar-refractivity contribution in [3.8, 4) is 5.75 Å². The van der Waals surface area contributed by atoms with Crippen molar-refractivity contribution in [3.05, 3.63) is 29.8 Å². The quantitative estimate of drug-likeness (QED) is 0.880. The fourth-order valence-electron chi connectivity index (χ4n) is 2.79. The Bertz CT molecular complexity index is 373. The van der Waals surface area contributed by atoms with Crippen LogP contribution >= 0.6 is 0 Å². The second kappa shape index (κ2) is 7.51. The molecule has 106 valence electrons. The van der Waals surface area contributed by atoms with Crippen LogP contribution < -0.4 is 10.1 Å². The van der Waals surface area contributed by atoms with Gasteiger partial charge < -0.3 is 15.0 Å². The molecule has 2 rings (SSSR count). The van der Waals surface area contributed by atoms with Crippen LogP contribution in [0.25, 0.3) is 0 Å². The van der Waals surface area contributed by atoms with E-state index in [2.05, 4.69) is 35.3 Å². The fourth-order valence-corrected chi connectivity index (χ4v) is 2.79. The molecule has 0 aromatic heterocycles. The van der Waals surface area contributed by atoms with Crippen LogP contribution in [0.2, 0.25) is 0 Å². The maximum absolute atomic E-state index is 5.28. The van der Waals surface area contributed by atoms with E-state index in [0.717, 1.165) is 18.7 Å². The van der Waals surface area contributed by atoms with Gasteiger partial charge in [0, 0.05) is 19.6 Å². The zero-order valence-corrected chi connectivity index (χ0v) is 12.2. The van der Waals surface area contributed by atoms with Crippen molar-refractivity contribution in [2.24, 2.45) is 5.92 Å². The molecule has 1 unspecified atom stereocenters. The summed E-state index contributed by atoms with van der Waals surface area (Å²) in [6, 6.07) is 8.44. The molecular formula is C16H26N2O. The van der Waals surface area contributed by atoms with Crippen molar-refractivity contribution < 1.29 is 4.74 Å². The highest BCUT2D eigenvalue weighted by Gasteiger charge is 2.12. The molecule has 1 atom stereocenters. The number of nitrogens with one attached hydrogen (secondary N) is 1. The van der Waals surface area contributed by atoms with Crippen LogP contribution in [0.15, 0.2) is 24.3 Å². The lowest BCUT2D eigenvalue weighted by Crippen LogP contribution is -2.32. The number of benzene rings is 1. The Morgan fingerprint density at radius 2 is 2.21 bits per heavy atom. The van der Waals surface area contributed by atoms with Crippen LogP contribution in [-0.2, 0) is 6.42 Å². The third-order valence-corrected chi connectivity index (χ3v) is 3.72. The second-order valence-electron chi connectivity index (χ2n) is 5.56. The third kappa shape index (κ3) is 4.84. The summed E-state index contributed by atoms with van der Waals surface area (Å²) in [5, 5.41) is 3.46. The molecule has 1 aromatic carbocycles. The van der Waals surface area contributed by atoms with Gasteiger partial charge in [-0.1, -0.05) is 19.1 Å². The number of nitrogens with zero attached hydrogens (tertiary/aromatic N) is 1. The molecule has 1 saturated heterocycles. The molecule has 0 aliphatic carbocycles. The standard InChI is InChI=1S/C16H26N2O/c1-14(13-18-9-4-7-17-8-10-18)11-15-5-3-6-16(12-15)19-2/h3,5-6,12,14,17H,4,7-11,13H2,1-2H3. The lowest BCUT2D eigenvalue weighted by Gasteiger charge is -2.23. The van der Waals surface area contributed by atoms with Crippen LogP contribution in [0.3, 0.4) is 0 Å². The van der Waals surface area contributed by atoms with E-state index in [1.54, 1.807) is 7.11 Å². The Morgan fingerprint density at radius 1 is 1.32 bits per heavy atom. The van der Waals surface area contributed by atoms with Gasteiger partial charge >= 0.3 is 0 Å². The minimum atomic E-state index is 0.685. The SMILES string of the molecule is COc1cccc(CC(C)CN2CCCNCC2)c1. The van der Waals surface area contributed by atoms with E-state index in [1.807, 2.05) is 6.07 Å². The lowest BCUT2D eigenvalue weighted by molar-refractivity contribution is 0.251. The molecule has 0 bridgehead atoms. The minimum Gasteiger partial charge on any atom is -0.497 e. The summed E-state index contributed by atoms with van der Waals surface area (Å²) in [6.45, 7) is 8.25. The summed E-state index contributed by atoms with van der Waals surface area (Å²) in [4.78, 5) is 2.59. The van der Waals surface area contributed by atoms with Crippen LogP contribution in [-0.4, -0.2) is 44.7 Å². The van der Waals surface area contributed by atoms with Crippen molar-refractivity contribution >= 4 is 0 Å². The number of hydrogen-bond donors (Lipinski definition) is 1. The van der Waals surface area contributed by atoms with Crippen LogP contribution in [0.5, 0.6) is 5.75 Å². The predicted octanol–water partition coefficient (Wildman–Crippen LogP) is 2.17. The molecule has 3 nitrogen and oxygen atoms in total. The van der Waals surface area contributed by atoms with Crippen molar-refractivity contribution in [1.82, 2.24) is 10.2 Å². The molecule has 3 heteroatoms. The first kappa shape index (κ1) is 14.4. The van der Waals surface area contributed by atoms with E-state index in [9.17, 15) is 0 Å². The summed E-state index contributed by atoms with van der Waals surface area (Å²) < 4.78 is 5.28. The molecule has 1 aromatic rings. The average molecular weight is 262 g/mol. The monoisotopic (exact) mass is 262 g/mol. The van der Waals surface area contributed by atoms with Gasteiger partial charge in [0.05, 0.1) is 7.11 Å². The maximum Gasteiger partial charge on any atom is 0.119 e. The van der Waals surface area contributed by atoms with Gasteiger partial charge in [-0.15, -0.1) is 0 Å². The molecule has 1 N–H and O–H groups in total. The predicted molar refractivity (Wildman–Crippen MR) is 79.8 cm³/mol. The van der Waals surface area contributed by atoms with Gasteiger partial charge in [0.2, 0.25) is 0 Å². The molecule has 1 aliphatic rings. The third-order valence-electron chi connectivity index (χ3n) is 3.72. The zero-order valence-electron chi connectivity index (χ0n) is 12.2. The van der Waals surface area contributed by atoms with E-state index in [0.29, 0.717) is 5.92 Å². The van der Waals surface area contributed by atoms with Gasteiger partial charge in [-0.25, -0.2) is 0 Å². The number of hydrogen-bond acceptors (Lipinski definition) is 3. The van der Waals surface area contributed by atoms with Crippen molar-refractivity contribution in [3.63, 3.8) is 0 Å². The molecule has 1 fully saturated rings. The summed E-state index contributed by atoms with van der Waals surface area (Å²) in [6.07, 6.45) is 2.40. The van der Waals surface area contributed by atoms with E-state index in [1.165, 1.54) is 38.2 Å². The Labute approximate surface area is 116 Å². The molecule has 0 amide bonds. The van der Waals surface area contributed by atoms with Gasteiger partial charge in [0.15, 0.2) is 0 Å². The summed E-state index contributed by atoms with van der Waals surface area (Å²) in [5.41, 5.74) is 1.37. The lowest BCUT2D eigenvalue weighted by atomic mass is 10.0. The van der Waals surface area contributed by atoms with E-state index in [-0.39, 0.29) is 0 Å². The van der Waals surface area contributed by atoms with Gasteiger partial charge in [0.25, 0.3) is 0 Å². The maximum atomic E-state index is 5.28. The van der Waals surface area contributed by atoms with Gasteiger partial charge in [0.1, 0.15) is 5.75 Å². The second-order valence-corrected chi connectivity index (χ2v) is 5.56. The van der Waals surface area contributed by atoms with Crippen LogP contribution in [0.4, 0.5) is 0 Å². The zero-order chi connectivity index (χ0) is 13.5. The Hall–Kier alpha value is -1.06. The van der Waals surface area contributed by atoms with Gasteiger partial charge in [-0.3, -0.25) is 0 Å².